The van der Waals surface area contributed by atoms with Crippen LogP contribution in [0, 0.1) is 0 Å². The summed E-state index contributed by atoms with van der Waals surface area (Å²) in [6.07, 6.45) is 0. The van der Waals surface area contributed by atoms with Crippen LogP contribution in [0.3, 0.4) is 0 Å². The van der Waals surface area contributed by atoms with E-state index in [0.717, 1.165) is 0 Å². The Kier molecular flexibility index (Phi) is 4.87. The average Bonchev–Trinajstić information content (AvgIpc) is 2.37. The van der Waals surface area contributed by atoms with E-state index in [1.807, 2.05) is 0 Å². The van der Waals surface area contributed by atoms with E-state index < -0.39 is 23.9 Å². The zero-order valence-corrected chi connectivity index (χ0v) is 10.6. The van der Waals surface area contributed by atoms with Crippen LogP contribution in [-0.4, -0.2) is 31.1 Å². The van der Waals surface area contributed by atoms with Crippen molar-refractivity contribution in [3.8, 4) is 0 Å². The second-order valence-corrected chi connectivity index (χ2v) is 3.76. The summed E-state index contributed by atoms with van der Waals surface area (Å²) in [4.78, 5) is 33.9. The molecule has 0 heterocycles. The Hall–Kier alpha value is -2.57. The number of nitrogens with one attached hydrogen (secondary N) is 2. The smallest absolute Gasteiger partial charge is 0.339 e. The summed E-state index contributed by atoms with van der Waals surface area (Å²) in [6.45, 7) is 1.47. The minimum atomic E-state index is -0.816. The number of methoxy groups -OCH3 is 1. The number of esters is 1. The molecule has 1 aromatic rings. The number of nitrogens with two attached hydrogens (primary N) is 1. The van der Waals surface area contributed by atoms with Gasteiger partial charge in [0.1, 0.15) is 6.04 Å². The molecule has 0 aliphatic rings. The summed E-state index contributed by atoms with van der Waals surface area (Å²) in [7, 11) is 1.25. The van der Waals surface area contributed by atoms with E-state index in [9.17, 15) is 14.4 Å². The van der Waals surface area contributed by atoms with E-state index in [1.165, 1.54) is 20.1 Å². The first-order chi connectivity index (χ1) is 8.95. The van der Waals surface area contributed by atoms with Gasteiger partial charge in [0, 0.05) is 0 Å². The Bertz CT molecular complexity index is 502. The van der Waals surface area contributed by atoms with Crippen molar-refractivity contribution in [1.82, 2.24) is 5.32 Å². The standard InChI is InChI=1S/C12H15N3O4/c1-7(14-12(13)18)10(16)15-9-6-4-3-5-8(9)11(17)19-2/h3-7H,1-2H3,(H,15,16)(H3,13,14,18). The van der Waals surface area contributed by atoms with E-state index in [1.54, 1.807) is 18.2 Å². The van der Waals surface area contributed by atoms with Crippen molar-refractivity contribution in [2.75, 3.05) is 12.4 Å². The van der Waals surface area contributed by atoms with Gasteiger partial charge in [-0.15, -0.1) is 0 Å². The number of primary amides is 1. The highest BCUT2D eigenvalue weighted by atomic mass is 16.5. The van der Waals surface area contributed by atoms with E-state index >= 15 is 0 Å². The highest BCUT2D eigenvalue weighted by molar-refractivity contribution is 6.03. The van der Waals surface area contributed by atoms with Crippen molar-refractivity contribution in [2.24, 2.45) is 5.73 Å². The molecular weight excluding hydrogens is 250 g/mol. The molecule has 19 heavy (non-hydrogen) atoms. The molecule has 3 amide bonds. The molecule has 102 valence electrons. The van der Waals surface area contributed by atoms with Gasteiger partial charge in [-0.3, -0.25) is 4.79 Å². The van der Waals surface area contributed by atoms with E-state index in [2.05, 4.69) is 15.4 Å². The van der Waals surface area contributed by atoms with Crippen molar-refractivity contribution in [2.45, 2.75) is 13.0 Å². The van der Waals surface area contributed by atoms with Crippen LogP contribution in [0.25, 0.3) is 0 Å². The lowest BCUT2D eigenvalue weighted by Gasteiger charge is -2.14. The van der Waals surface area contributed by atoms with Crippen molar-refractivity contribution in [3.63, 3.8) is 0 Å². The molecule has 0 bridgehead atoms. The van der Waals surface area contributed by atoms with Crippen molar-refractivity contribution in [3.05, 3.63) is 29.8 Å². The van der Waals surface area contributed by atoms with Gasteiger partial charge in [-0.2, -0.15) is 0 Å². The van der Waals surface area contributed by atoms with E-state index in [0.29, 0.717) is 5.69 Å². The first-order valence-corrected chi connectivity index (χ1v) is 5.50. The molecular formula is C12H15N3O4. The zero-order valence-electron chi connectivity index (χ0n) is 10.6. The number of anilines is 1. The lowest BCUT2D eigenvalue weighted by atomic mass is 10.1. The molecule has 0 spiro atoms. The third kappa shape index (κ3) is 3.98. The Balaban J connectivity index is 2.85. The fourth-order valence-corrected chi connectivity index (χ4v) is 1.40. The van der Waals surface area contributed by atoms with Crippen LogP contribution in [0.5, 0.6) is 0 Å². The normalized spacial score (nSPS) is 11.3. The van der Waals surface area contributed by atoms with Gasteiger partial charge in [0.25, 0.3) is 0 Å². The molecule has 4 N–H and O–H groups in total. The Labute approximate surface area is 110 Å². The van der Waals surface area contributed by atoms with Gasteiger partial charge in [0.15, 0.2) is 0 Å². The predicted molar refractivity (Wildman–Crippen MR) is 68.6 cm³/mol. The summed E-state index contributed by atoms with van der Waals surface area (Å²) in [5, 5.41) is 4.76. The molecule has 1 aromatic carbocycles. The van der Waals surface area contributed by atoms with Crippen molar-refractivity contribution in [1.29, 1.82) is 0 Å². The van der Waals surface area contributed by atoms with Crippen LogP contribution < -0.4 is 16.4 Å². The zero-order chi connectivity index (χ0) is 14.4. The summed E-state index contributed by atoms with van der Waals surface area (Å²) in [5.74, 6) is -1.05. The second kappa shape index (κ2) is 6.39. The van der Waals surface area contributed by atoms with Crippen LogP contribution in [0.15, 0.2) is 24.3 Å². The Morgan fingerprint density at radius 2 is 1.89 bits per heavy atom. The van der Waals surface area contributed by atoms with Crippen LogP contribution in [0.1, 0.15) is 17.3 Å². The van der Waals surface area contributed by atoms with Crippen molar-refractivity contribution >= 4 is 23.6 Å². The molecule has 0 radical (unpaired) electrons. The van der Waals surface area contributed by atoms with Crippen LogP contribution >= 0.6 is 0 Å². The van der Waals surface area contributed by atoms with Gasteiger partial charge < -0.3 is 21.1 Å². The second-order valence-electron chi connectivity index (χ2n) is 3.76. The molecule has 1 unspecified atom stereocenters. The van der Waals surface area contributed by atoms with Gasteiger partial charge in [-0.05, 0) is 19.1 Å². The number of carbonyl (C=O) groups is 3. The van der Waals surface area contributed by atoms with Crippen molar-refractivity contribution < 1.29 is 19.1 Å². The highest BCUT2D eigenvalue weighted by Crippen LogP contribution is 2.16. The molecule has 0 fully saturated rings. The Morgan fingerprint density at radius 1 is 1.26 bits per heavy atom. The Morgan fingerprint density at radius 3 is 2.47 bits per heavy atom. The van der Waals surface area contributed by atoms with Gasteiger partial charge in [0.2, 0.25) is 5.91 Å². The third-order valence-electron chi connectivity index (χ3n) is 2.34. The molecule has 1 rings (SSSR count). The number of hydrogen-bond donors (Lipinski definition) is 3. The third-order valence-corrected chi connectivity index (χ3v) is 2.34. The van der Waals surface area contributed by atoms with Crippen LogP contribution in [0.2, 0.25) is 0 Å². The first-order valence-electron chi connectivity index (χ1n) is 5.50. The monoisotopic (exact) mass is 265 g/mol. The summed E-state index contributed by atoms with van der Waals surface area (Å²) in [5.41, 5.74) is 5.45. The number of amides is 3. The van der Waals surface area contributed by atoms with Crippen LogP contribution in [0.4, 0.5) is 10.5 Å². The number of ether oxygens (including phenoxy) is 1. The topological polar surface area (TPSA) is 111 Å². The minimum Gasteiger partial charge on any atom is -0.465 e. The number of urea groups is 1. The largest absolute Gasteiger partial charge is 0.465 e. The molecule has 0 saturated carbocycles. The van der Waals surface area contributed by atoms with E-state index in [4.69, 9.17) is 5.73 Å². The quantitative estimate of drug-likeness (QED) is 0.687. The molecule has 1 atom stereocenters. The van der Waals surface area contributed by atoms with Gasteiger partial charge in [-0.1, -0.05) is 12.1 Å². The lowest BCUT2D eigenvalue weighted by molar-refractivity contribution is -0.117. The van der Waals surface area contributed by atoms with Gasteiger partial charge >= 0.3 is 12.0 Å². The molecule has 0 saturated heterocycles. The molecule has 7 nitrogen and oxygen atoms in total. The minimum absolute atomic E-state index is 0.227. The van der Waals surface area contributed by atoms with Gasteiger partial charge in [-0.25, -0.2) is 9.59 Å². The van der Waals surface area contributed by atoms with Crippen LogP contribution in [-0.2, 0) is 9.53 Å². The number of para-hydroxylation sites is 1. The maximum absolute atomic E-state index is 11.8. The predicted octanol–water partition coefficient (Wildman–Crippen LogP) is 0.469. The SMILES string of the molecule is COC(=O)c1ccccc1NC(=O)C(C)NC(N)=O. The lowest BCUT2D eigenvalue weighted by Crippen LogP contribution is -2.44. The highest BCUT2D eigenvalue weighted by Gasteiger charge is 2.17. The fraction of sp³-hybridized carbons (Fsp3) is 0.250. The summed E-state index contributed by atoms with van der Waals surface area (Å²) in [6, 6.07) is 4.77. The number of hydrogen-bond acceptors (Lipinski definition) is 4. The number of rotatable bonds is 4. The summed E-state index contributed by atoms with van der Waals surface area (Å²) >= 11 is 0. The summed E-state index contributed by atoms with van der Waals surface area (Å²) < 4.78 is 4.60. The molecule has 7 heteroatoms. The van der Waals surface area contributed by atoms with E-state index in [-0.39, 0.29) is 5.56 Å². The maximum Gasteiger partial charge on any atom is 0.339 e. The average molecular weight is 265 g/mol. The maximum atomic E-state index is 11.8. The molecule has 0 aliphatic carbocycles. The first kappa shape index (κ1) is 14.5. The van der Waals surface area contributed by atoms with Gasteiger partial charge in [0.05, 0.1) is 18.4 Å². The molecule has 0 aliphatic heterocycles. The molecule has 0 aromatic heterocycles. The fourth-order valence-electron chi connectivity index (χ4n) is 1.40. The number of carbonyl (C=O) groups excluding carboxylic acids is 3. The number of benzene rings is 1.